The third-order valence-corrected chi connectivity index (χ3v) is 12.0. The van der Waals surface area contributed by atoms with E-state index in [1.54, 1.807) is 0 Å². The molecule has 2 heterocycles. The Morgan fingerprint density at radius 2 is 1.00 bits per heavy atom. The summed E-state index contributed by atoms with van der Waals surface area (Å²) in [4.78, 5) is 2.07. The van der Waals surface area contributed by atoms with E-state index in [4.69, 9.17) is 6.42 Å². The van der Waals surface area contributed by atoms with E-state index in [0.29, 0.717) is 0 Å². The molecule has 0 fully saturated rings. The number of hydrogen-bond acceptors (Lipinski definition) is 1. The van der Waals surface area contributed by atoms with Crippen LogP contribution in [0.15, 0.2) is 109 Å². The smallest absolute Gasteiger partial charge is 0.209 e. The first-order chi connectivity index (χ1) is 33.8. The van der Waals surface area contributed by atoms with Gasteiger partial charge in [-0.1, -0.05) is 164 Å². The van der Waals surface area contributed by atoms with Crippen molar-refractivity contribution in [2.75, 3.05) is 11.4 Å². The van der Waals surface area contributed by atoms with Crippen LogP contribution in [0, 0.1) is 131 Å². The number of rotatable bonds is 17. The molecule has 0 amide bonds. The number of nitrogens with zero attached hydrogens (tertiary/aromatic N) is 2. The van der Waals surface area contributed by atoms with Crippen LogP contribution >= 0.6 is 0 Å². The Bertz CT molecular complexity index is 3160. The van der Waals surface area contributed by atoms with E-state index >= 15 is 0 Å². The van der Waals surface area contributed by atoms with Crippen molar-refractivity contribution >= 4 is 17.1 Å². The number of para-hydroxylation sites is 1. The quantitative estimate of drug-likeness (QED) is 0.0566. The lowest BCUT2D eigenvalue weighted by Crippen LogP contribution is -2.27. The van der Waals surface area contributed by atoms with Crippen molar-refractivity contribution in [2.45, 2.75) is 122 Å². The molecule has 2 aliphatic heterocycles. The molecule has 2 nitrogen and oxygen atoms in total. The fourth-order valence-electron chi connectivity index (χ4n) is 8.51. The largest absolute Gasteiger partial charge is 0.272 e. The lowest BCUT2D eigenvalue weighted by Gasteiger charge is -2.22. The normalized spacial score (nSPS) is 13.2. The maximum Gasteiger partial charge on any atom is 0.209 e. The Balaban J connectivity index is 1.29. The number of unbranched alkanes of at least 4 members (excludes halogenated alkanes) is 11. The van der Waals surface area contributed by atoms with E-state index in [0.717, 1.165) is 29.1 Å². The Morgan fingerprint density at radius 1 is 0.493 bits per heavy atom. The Morgan fingerprint density at radius 3 is 1.57 bits per heavy atom. The van der Waals surface area contributed by atoms with Gasteiger partial charge < -0.3 is 0 Å². The molecular formula is C67H59N2+. The van der Waals surface area contributed by atoms with Gasteiger partial charge in [0.15, 0.2) is 5.71 Å². The SMILES string of the molecule is C#CC#CC#CC#CC#CC#CC#CC#CC#CC#CC#CN1/C(=C/C=C/C=C/C2=[N+](CCCCCCCCCCCCCC)c3ccccc3C2(C)C)C(C)(C)c2ccc(-c3ccccc3)cc21. The zero-order valence-electron chi connectivity index (χ0n) is 41.0. The minimum absolute atomic E-state index is 0.0975. The van der Waals surface area contributed by atoms with Gasteiger partial charge in [-0.25, -0.2) is 0 Å². The molecule has 0 spiro atoms. The van der Waals surface area contributed by atoms with Crippen LogP contribution in [-0.2, 0) is 10.8 Å². The van der Waals surface area contributed by atoms with Gasteiger partial charge in [-0.05, 0) is 96.5 Å². The van der Waals surface area contributed by atoms with Gasteiger partial charge in [0, 0.05) is 112 Å². The summed E-state index contributed by atoms with van der Waals surface area (Å²) in [5.74, 6) is 52.0. The maximum absolute atomic E-state index is 5.02. The third-order valence-electron chi connectivity index (χ3n) is 12.0. The number of benzene rings is 3. The van der Waals surface area contributed by atoms with Crippen molar-refractivity contribution in [1.29, 1.82) is 0 Å². The van der Waals surface area contributed by atoms with Crippen LogP contribution in [0.25, 0.3) is 11.1 Å². The summed E-state index contributed by atoms with van der Waals surface area (Å²) in [6.45, 7) is 12.5. The third kappa shape index (κ3) is 15.8. The molecule has 336 valence electrons. The molecular weight excluding hydrogens is 833 g/mol. The summed E-state index contributed by atoms with van der Waals surface area (Å²) in [7, 11) is 0. The van der Waals surface area contributed by atoms with Crippen molar-refractivity contribution in [2.24, 2.45) is 0 Å². The topological polar surface area (TPSA) is 6.25 Å². The summed E-state index contributed by atoms with van der Waals surface area (Å²) in [6.07, 6.45) is 32.1. The fourth-order valence-corrected chi connectivity index (χ4v) is 8.51. The highest BCUT2D eigenvalue weighted by Crippen LogP contribution is 2.48. The average molecular weight is 892 g/mol. The van der Waals surface area contributed by atoms with Crippen LogP contribution in [-0.4, -0.2) is 16.8 Å². The Labute approximate surface area is 415 Å². The van der Waals surface area contributed by atoms with Gasteiger partial charge in [-0.15, -0.1) is 6.42 Å². The summed E-state index contributed by atoms with van der Waals surface area (Å²) < 4.78 is 2.56. The molecule has 0 saturated carbocycles. The number of fused-ring (bicyclic) bond motifs is 2. The van der Waals surface area contributed by atoms with E-state index in [2.05, 4.69) is 266 Å². The zero-order chi connectivity index (χ0) is 48.8. The molecule has 2 aliphatic rings. The lowest BCUT2D eigenvalue weighted by molar-refractivity contribution is -0.438. The molecule has 5 rings (SSSR count). The molecule has 0 atom stereocenters. The second-order valence-electron chi connectivity index (χ2n) is 17.6. The van der Waals surface area contributed by atoms with Gasteiger partial charge in [0.1, 0.15) is 6.54 Å². The van der Waals surface area contributed by atoms with Gasteiger partial charge in [0.25, 0.3) is 0 Å². The zero-order valence-corrected chi connectivity index (χ0v) is 41.0. The predicted octanol–water partition coefficient (Wildman–Crippen LogP) is 12.8. The van der Waals surface area contributed by atoms with Crippen molar-refractivity contribution in [3.8, 4) is 142 Å². The molecule has 0 unspecified atom stereocenters. The maximum atomic E-state index is 5.02. The standard InChI is InChI=1S/C67H59N2/c1-7-9-11-13-15-17-19-21-22-23-24-25-26-27-28-30-32-34-36-46-56-69-63-57-59(58-47-39-37-40-48-58)53-54-61(63)67(5,6)65(69)52-42-38-41-51-64-66(3,4)60-49-43-44-50-62(60)68(64)55-45-35-33-31-29-20-18-16-14-12-10-8-2/h1,37-44,47-54,57H,8,10,12,14,16,18,20,29,31,33,35,45,55H2,2-6H3/q+1. The van der Waals surface area contributed by atoms with Crippen LogP contribution < -0.4 is 4.90 Å². The van der Waals surface area contributed by atoms with Crippen LogP contribution in [0.1, 0.15) is 123 Å². The highest BCUT2D eigenvalue weighted by molar-refractivity contribution is 6.03. The van der Waals surface area contributed by atoms with Crippen molar-refractivity contribution in [3.05, 3.63) is 120 Å². The highest BCUT2D eigenvalue weighted by atomic mass is 15.2. The van der Waals surface area contributed by atoms with E-state index < -0.39 is 0 Å². The summed E-state index contributed by atoms with van der Waals surface area (Å²) in [6, 6.07) is 29.3. The molecule has 3 aromatic carbocycles. The van der Waals surface area contributed by atoms with Crippen LogP contribution in [0.4, 0.5) is 11.4 Å². The van der Waals surface area contributed by atoms with E-state index in [1.807, 2.05) is 6.07 Å². The van der Waals surface area contributed by atoms with E-state index in [-0.39, 0.29) is 10.8 Å². The van der Waals surface area contributed by atoms with Gasteiger partial charge >= 0.3 is 0 Å². The van der Waals surface area contributed by atoms with Gasteiger partial charge in [-0.2, -0.15) is 4.58 Å². The molecule has 0 saturated heterocycles. The van der Waals surface area contributed by atoms with Gasteiger partial charge in [-0.3, -0.25) is 4.90 Å². The summed E-state index contributed by atoms with van der Waals surface area (Å²) in [5.41, 5.74) is 9.22. The van der Waals surface area contributed by atoms with Crippen LogP contribution in [0.2, 0.25) is 0 Å². The molecule has 0 radical (unpaired) electrons. The lowest BCUT2D eigenvalue weighted by atomic mass is 9.81. The molecule has 0 aromatic heterocycles. The van der Waals surface area contributed by atoms with Crippen molar-refractivity contribution in [1.82, 2.24) is 0 Å². The molecule has 0 bridgehead atoms. The summed E-state index contributed by atoms with van der Waals surface area (Å²) >= 11 is 0. The minimum Gasteiger partial charge on any atom is -0.272 e. The van der Waals surface area contributed by atoms with Gasteiger partial charge in [0.2, 0.25) is 5.69 Å². The second-order valence-corrected chi connectivity index (χ2v) is 17.6. The van der Waals surface area contributed by atoms with E-state index in [9.17, 15) is 0 Å². The number of allylic oxidation sites excluding steroid dienone is 6. The molecule has 0 aliphatic carbocycles. The highest BCUT2D eigenvalue weighted by Gasteiger charge is 2.44. The number of hydrogen-bond donors (Lipinski definition) is 0. The van der Waals surface area contributed by atoms with Crippen LogP contribution in [0.5, 0.6) is 0 Å². The predicted molar refractivity (Wildman–Crippen MR) is 291 cm³/mol. The van der Waals surface area contributed by atoms with Crippen molar-refractivity contribution in [3.63, 3.8) is 0 Å². The van der Waals surface area contributed by atoms with Crippen LogP contribution in [0.3, 0.4) is 0 Å². The molecule has 2 heteroatoms. The first-order valence-corrected chi connectivity index (χ1v) is 24.1. The first-order valence-electron chi connectivity index (χ1n) is 24.1. The average Bonchev–Trinajstić information content (AvgIpc) is 3.71. The fraction of sp³-hybridized carbons (Fsp3) is 0.299. The first kappa shape index (κ1) is 51.5. The Kier molecular flexibility index (Phi) is 21.3. The minimum atomic E-state index is -0.315. The number of terminal acetylenes is 1. The van der Waals surface area contributed by atoms with Crippen molar-refractivity contribution < 1.29 is 4.58 Å². The van der Waals surface area contributed by atoms with E-state index in [1.165, 1.54) is 99.6 Å². The number of anilines is 1. The monoisotopic (exact) mass is 891 g/mol. The van der Waals surface area contributed by atoms with Gasteiger partial charge in [0.05, 0.1) is 11.1 Å². The second kappa shape index (κ2) is 28.5. The molecule has 69 heavy (non-hydrogen) atoms. The molecule has 3 aromatic rings. The summed E-state index contributed by atoms with van der Waals surface area (Å²) in [5, 5.41) is 0. The Hall–Kier alpha value is -8.49. The molecule has 0 N–H and O–H groups in total.